The number of hydrogen-bond acceptors (Lipinski definition) is 7. The number of thioether (sulfide) groups is 1. The van der Waals surface area contributed by atoms with Gasteiger partial charge in [-0.25, -0.2) is 18.4 Å². The highest BCUT2D eigenvalue weighted by atomic mass is 32.2. The van der Waals surface area contributed by atoms with Crippen LogP contribution >= 0.6 is 23.1 Å². The maximum Gasteiger partial charge on any atom is 0.257 e. The molecule has 4 aromatic rings. The Bertz CT molecular complexity index is 1240. The lowest BCUT2D eigenvalue weighted by atomic mass is 10.2. The van der Waals surface area contributed by atoms with Crippen molar-refractivity contribution in [1.29, 1.82) is 0 Å². The molecule has 0 bridgehead atoms. The fourth-order valence-corrected chi connectivity index (χ4v) is 6.80. The highest BCUT2D eigenvalue weighted by Crippen LogP contribution is 2.31. The predicted molar refractivity (Wildman–Crippen MR) is 116 cm³/mol. The maximum atomic E-state index is 12.9. The van der Waals surface area contributed by atoms with E-state index in [1.54, 1.807) is 33.8 Å². The van der Waals surface area contributed by atoms with E-state index in [0.717, 1.165) is 34.5 Å². The van der Waals surface area contributed by atoms with Gasteiger partial charge in [0.15, 0.2) is 5.58 Å². The van der Waals surface area contributed by atoms with Gasteiger partial charge >= 0.3 is 0 Å². The predicted octanol–water partition coefficient (Wildman–Crippen LogP) is 4.90. The highest BCUT2D eigenvalue weighted by Gasteiger charge is 2.26. The molecule has 2 aromatic carbocycles. The number of oxazole rings is 1. The van der Waals surface area contributed by atoms with Crippen LogP contribution in [0.3, 0.4) is 0 Å². The van der Waals surface area contributed by atoms with Gasteiger partial charge in [0.1, 0.15) is 10.5 Å². The molecule has 5 rings (SSSR count). The van der Waals surface area contributed by atoms with Crippen LogP contribution in [-0.4, -0.2) is 35.8 Å². The van der Waals surface area contributed by atoms with Crippen molar-refractivity contribution in [2.24, 2.45) is 0 Å². The number of thiazole rings is 1. The maximum absolute atomic E-state index is 12.9. The number of aromatic nitrogens is 2. The van der Waals surface area contributed by atoms with Crippen molar-refractivity contribution in [1.82, 2.24) is 14.3 Å². The highest BCUT2D eigenvalue weighted by molar-refractivity contribution is 7.98. The molecule has 9 heteroatoms. The number of nitrogens with zero attached hydrogens (tertiary/aromatic N) is 3. The normalized spacial score (nSPS) is 16.0. The van der Waals surface area contributed by atoms with Crippen molar-refractivity contribution in [2.45, 2.75) is 35.1 Å². The third-order valence-electron chi connectivity index (χ3n) is 4.95. The zero-order valence-electron chi connectivity index (χ0n) is 15.6. The summed E-state index contributed by atoms with van der Waals surface area (Å²) < 4.78 is 34.3. The average molecular weight is 446 g/mol. The van der Waals surface area contributed by atoms with E-state index in [2.05, 4.69) is 16.0 Å². The number of sulfonamides is 1. The van der Waals surface area contributed by atoms with Crippen LogP contribution in [0.1, 0.15) is 24.3 Å². The number of piperidine rings is 1. The van der Waals surface area contributed by atoms with Gasteiger partial charge in [0, 0.05) is 13.1 Å². The number of fused-ring (bicyclic) bond motifs is 2. The lowest BCUT2D eigenvalue weighted by Gasteiger charge is -2.25. The van der Waals surface area contributed by atoms with E-state index in [-0.39, 0.29) is 4.90 Å². The molecule has 0 spiro atoms. The quantitative estimate of drug-likeness (QED) is 0.407. The summed E-state index contributed by atoms with van der Waals surface area (Å²) in [5, 5.41) is 1.53. The molecule has 1 saturated heterocycles. The summed E-state index contributed by atoms with van der Waals surface area (Å²) >= 11 is 3.12. The molecule has 0 unspecified atom stereocenters. The van der Waals surface area contributed by atoms with Crippen molar-refractivity contribution in [3.8, 4) is 0 Å². The molecule has 3 heterocycles. The lowest BCUT2D eigenvalue weighted by molar-refractivity contribution is 0.346. The van der Waals surface area contributed by atoms with Crippen molar-refractivity contribution in [2.75, 3.05) is 13.1 Å². The van der Waals surface area contributed by atoms with E-state index in [0.29, 0.717) is 35.2 Å². The van der Waals surface area contributed by atoms with Crippen molar-refractivity contribution in [3.63, 3.8) is 0 Å². The molecule has 1 fully saturated rings. The SMILES string of the molecule is O=S(=O)(c1ccc2oc(SCc3nc4ccccc4s3)nc2c1)N1CCCCC1. The number of benzene rings is 2. The summed E-state index contributed by atoms with van der Waals surface area (Å²) in [6, 6.07) is 13.0. The third kappa shape index (κ3) is 3.79. The monoisotopic (exact) mass is 445 g/mol. The van der Waals surface area contributed by atoms with Crippen molar-refractivity contribution < 1.29 is 12.8 Å². The van der Waals surface area contributed by atoms with E-state index >= 15 is 0 Å². The summed E-state index contributed by atoms with van der Waals surface area (Å²) in [7, 11) is -3.48. The van der Waals surface area contributed by atoms with Crippen LogP contribution in [0.25, 0.3) is 21.3 Å². The number of para-hydroxylation sites is 1. The summed E-state index contributed by atoms with van der Waals surface area (Å²) in [5.41, 5.74) is 2.16. The Hall–Kier alpha value is -1.94. The molecule has 6 nitrogen and oxygen atoms in total. The molecule has 2 aromatic heterocycles. The minimum Gasteiger partial charge on any atom is -0.431 e. The Labute approximate surface area is 177 Å². The smallest absolute Gasteiger partial charge is 0.257 e. The van der Waals surface area contributed by atoms with E-state index in [9.17, 15) is 8.42 Å². The Kier molecular flexibility index (Phi) is 5.07. The largest absolute Gasteiger partial charge is 0.431 e. The van der Waals surface area contributed by atoms with E-state index in [1.165, 1.54) is 11.8 Å². The number of rotatable bonds is 5. The Morgan fingerprint density at radius 2 is 1.86 bits per heavy atom. The molecule has 0 saturated carbocycles. The van der Waals surface area contributed by atoms with Crippen LogP contribution in [0.2, 0.25) is 0 Å². The van der Waals surface area contributed by atoms with Crippen LogP contribution < -0.4 is 0 Å². The van der Waals surface area contributed by atoms with Gasteiger partial charge in [-0.2, -0.15) is 4.31 Å². The average Bonchev–Trinajstić information content (AvgIpc) is 3.35. The molecular weight excluding hydrogens is 426 g/mol. The van der Waals surface area contributed by atoms with E-state index in [1.807, 2.05) is 18.2 Å². The first-order chi connectivity index (χ1) is 14.1. The van der Waals surface area contributed by atoms with E-state index in [4.69, 9.17) is 4.42 Å². The molecule has 0 radical (unpaired) electrons. The standard InChI is InChI=1S/C20H19N3O3S3/c24-29(25,23-10-4-1-5-11-23)14-8-9-17-16(12-14)22-20(26-17)27-13-19-21-15-6-2-3-7-18(15)28-19/h2-3,6-9,12H,1,4-5,10-11,13H2. The first-order valence-corrected chi connectivity index (χ1v) is 12.7. The fourth-order valence-electron chi connectivity index (χ4n) is 3.47. The van der Waals surface area contributed by atoms with Crippen LogP contribution in [0.5, 0.6) is 0 Å². The topological polar surface area (TPSA) is 76.3 Å². The van der Waals surface area contributed by atoms with Gasteiger partial charge in [0.05, 0.1) is 20.9 Å². The van der Waals surface area contributed by atoms with Gasteiger partial charge in [-0.1, -0.05) is 30.3 Å². The zero-order valence-corrected chi connectivity index (χ0v) is 18.0. The Morgan fingerprint density at radius 1 is 1.03 bits per heavy atom. The minimum absolute atomic E-state index is 0.280. The van der Waals surface area contributed by atoms with Gasteiger partial charge in [0.25, 0.3) is 5.22 Å². The first-order valence-electron chi connectivity index (χ1n) is 9.48. The molecule has 0 aliphatic carbocycles. The van der Waals surface area contributed by atoms with Crippen LogP contribution in [0, 0.1) is 0 Å². The van der Waals surface area contributed by atoms with Gasteiger partial charge in [0.2, 0.25) is 10.0 Å². The van der Waals surface area contributed by atoms with Crippen LogP contribution in [-0.2, 0) is 15.8 Å². The van der Waals surface area contributed by atoms with Gasteiger partial charge in [-0.15, -0.1) is 11.3 Å². The molecule has 150 valence electrons. The molecule has 0 amide bonds. The Balaban J connectivity index is 1.36. The minimum atomic E-state index is -3.48. The summed E-state index contributed by atoms with van der Waals surface area (Å²) in [6.45, 7) is 1.17. The molecule has 1 aliphatic heterocycles. The second-order valence-electron chi connectivity index (χ2n) is 6.94. The second kappa shape index (κ2) is 7.71. The molecule has 0 N–H and O–H groups in total. The number of hydrogen-bond donors (Lipinski definition) is 0. The van der Waals surface area contributed by atoms with Gasteiger partial charge in [-0.3, -0.25) is 0 Å². The van der Waals surface area contributed by atoms with E-state index < -0.39 is 10.0 Å². The lowest BCUT2D eigenvalue weighted by Crippen LogP contribution is -2.35. The molecular formula is C20H19N3O3S3. The Morgan fingerprint density at radius 3 is 2.69 bits per heavy atom. The van der Waals surface area contributed by atoms with Gasteiger partial charge < -0.3 is 4.42 Å². The summed E-state index contributed by atoms with van der Waals surface area (Å²) in [5.74, 6) is 0.658. The summed E-state index contributed by atoms with van der Waals surface area (Å²) in [6.07, 6.45) is 2.92. The second-order valence-corrected chi connectivity index (χ2v) is 10.9. The summed E-state index contributed by atoms with van der Waals surface area (Å²) in [4.78, 5) is 9.39. The molecule has 0 atom stereocenters. The van der Waals surface area contributed by atoms with Crippen molar-refractivity contribution in [3.05, 3.63) is 47.5 Å². The first kappa shape index (κ1) is 19.0. The van der Waals surface area contributed by atoms with Crippen molar-refractivity contribution >= 4 is 54.4 Å². The molecule has 29 heavy (non-hydrogen) atoms. The zero-order chi connectivity index (χ0) is 19.8. The van der Waals surface area contributed by atoms with Crippen LogP contribution in [0.15, 0.2) is 57.0 Å². The fraction of sp³-hybridized carbons (Fsp3) is 0.300. The van der Waals surface area contributed by atoms with Crippen LogP contribution in [0.4, 0.5) is 0 Å². The third-order valence-corrected chi connectivity index (χ3v) is 8.90. The van der Waals surface area contributed by atoms with Gasteiger partial charge in [-0.05, 0) is 43.2 Å². The molecule has 1 aliphatic rings.